The molecule has 0 aliphatic rings. The normalized spacial score (nSPS) is 12.5. The van der Waals surface area contributed by atoms with E-state index in [1.165, 1.54) is 12.3 Å². The number of nitrogens with one attached hydrogen (secondary N) is 1. The lowest BCUT2D eigenvalue weighted by atomic mass is 9.99. The number of hydrogen-bond acceptors (Lipinski definition) is 3. The molecule has 7 heteroatoms. The quantitative estimate of drug-likeness (QED) is 0.389. The first-order valence-corrected chi connectivity index (χ1v) is 5.25. The molecule has 0 aliphatic heterocycles. The lowest BCUT2D eigenvalue weighted by molar-refractivity contribution is 0.431. The molecule has 0 amide bonds. The van der Waals surface area contributed by atoms with Gasteiger partial charge in [0.2, 0.25) is 0 Å². The predicted molar refractivity (Wildman–Crippen MR) is 59.7 cm³/mol. The van der Waals surface area contributed by atoms with Gasteiger partial charge in [-0.15, -0.1) is 0 Å². The largest absolute Gasteiger partial charge is 0.271 e. The molecule has 0 aliphatic carbocycles. The summed E-state index contributed by atoms with van der Waals surface area (Å²) in [4.78, 5) is 3.54. The minimum absolute atomic E-state index is 0.0255. The highest BCUT2D eigenvalue weighted by Gasteiger charge is 2.23. The van der Waals surface area contributed by atoms with Crippen LogP contribution in [0.25, 0.3) is 0 Å². The number of hydrazine groups is 1. The van der Waals surface area contributed by atoms with Crippen molar-refractivity contribution >= 4 is 0 Å². The molecule has 100 valence electrons. The molecule has 0 saturated heterocycles. The maximum Gasteiger partial charge on any atom is 0.194 e. The van der Waals surface area contributed by atoms with Gasteiger partial charge in [0, 0.05) is 17.3 Å². The van der Waals surface area contributed by atoms with E-state index in [1.54, 1.807) is 0 Å². The molecule has 3 nitrogen and oxygen atoms in total. The molecule has 0 bridgehead atoms. The van der Waals surface area contributed by atoms with Gasteiger partial charge in [-0.1, -0.05) is 6.07 Å². The second-order valence-electron chi connectivity index (χ2n) is 3.76. The van der Waals surface area contributed by atoms with Crippen molar-refractivity contribution in [1.29, 1.82) is 0 Å². The third-order valence-electron chi connectivity index (χ3n) is 2.66. The molecule has 0 spiro atoms. The summed E-state index contributed by atoms with van der Waals surface area (Å²) in [7, 11) is 0. The van der Waals surface area contributed by atoms with Crippen LogP contribution in [0.15, 0.2) is 30.6 Å². The fourth-order valence-corrected chi connectivity index (χ4v) is 1.73. The number of rotatable bonds is 3. The number of benzene rings is 1. The van der Waals surface area contributed by atoms with Gasteiger partial charge in [0.1, 0.15) is 5.82 Å². The van der Waals surface area contributed by atoms with Gasteiger partial charge < -0.3 is 0 Å². The molecule has 2 rings (SSSR count). The Morgan fingerprint density at radius 1 is 0.947 bits per heavy atom. The topological polar surface area (TPSA) is 50.9 Å². The summed E-state index contributed by atoms with van der Waals surface area (Å²) in [6.07, 6.45) is 2.19. The minimum atomic E-state index is -1.63. The molecule has 19 heavy (non-hydrogen) atoms. The highest BCUT2D eigenvalue weighted by Crippen LogP contribution is 2.27. The van der Waals surface area contributed by atoms with Crippen LogP contribution in [0, 0.1) is 23.3 Å². The lowest BCUT2D eigenvalue weighted by Gasteiger charge is -2.18. The zero-order valence-corrected chi connectivity index (χ0v) is 9.50. The van der Waals surface area contributed by atoms with Gasteiger partial charge in [0.25, 0.3) is 0 Å². The third kappa shape index (κ3) is 2.42. The molecule has 0 fully saturated rings. The average Bonchev–Trinajstić information content (AvgIpc) is 2.41. The Morgan fingerprint density at radius 3 is 2.32 bits per heavy atom. The highest BCUT2D eigenvalue weighted by atomic mass is 19.2. The third-order valence-corrected chi connectivity index (χ3v) is 2.66. The number of nitrogens with two attached hydrogens (primary N) is 1. The van der Waals surface area contributed by atoms with E-state index < -0.39 is 29.3 Å². The van der Waals surface area contributed by atoms with Gasteiger partial charge in [-0.25, -0.2) is 23.0 Å². The fraction of sp³-hybridized carbons (Fsp3) is 0.0833. The Bertz CT molecular complexity index is 604. The summed E-state index contributed by atoms with van der Waals surface area (Å²) in [6, 6.07) is 1.86. The van der Waals surface area contributed by atoms with Gasteiger partial charge in [-0.05, 0) is 12.1 Å². The van der Waals surface area contributed by atoms with E-state index in [0.717, 1.165) is 18.3 Å². The van der Waals surface area contributed by atoms with Crippen LogP contribution in [0.4, 0.5) is 17.6 Å². The van der Waals surface area contributed by atoms with Crippen molar-refractivity contribution in [3.05, 3.63) is 65.0 Å². The number of halogens is 4. The van der Waals surface area contributed by atoms with E-state index in [0.29, 0.717) is 0 Å². The van der Waals surface area contributed by atoms with Gasteiger partial charge in [0.15, 0.2) is 17.5 Å². The lowest BCUT2D eigenvalue weighted by Crippen LogP contribution is -2.30. The molecular formula is C12H9F4N3. The SMILES string of the molecule is NNC(c1ccncc1F)c1ccc(F)c(F)c1F. The second-order valence-corrected chi connectivity index (χ2v) is 3.76. The van der Waals surface area contributed by atoms with E-state index in [1.807, 2.05) is 0 Å². The molecule has 3 N–H and O–H groups in total. The first kappa shape index (κ1) is 13.4. The average molecular weight is 271 g/mol. The summed E-state index contributed by atoms with van der Waals surface area (Å²) < 4.78 is 53.3. The van der Waals surface area contributed by atoms with Crippen molar-refractivity contribution in [3.63, 3.8) is 0 Å². The second kappa shape index (κ2) is 5.33. The Hall–Kier alpha value is -1.99. The maximum atomic E-state index is 13.7. The van der Waals surface area contributed by atoms with Crippen LogP contribution < -0.4 is 11.3 Å². The molecular weight excluding hydrogens is 262 g/mol. The van der Waals surface area contributed by atoms with Gasteiger partial charge in [-0.3, -0.25) is 10.8 Å². The van der Waals surface area contributed by atoms with Crippen LogP contribution in [0.1, 0.15) is 17.2 Å². The van der Waals surface area contributed by atoms with Crippen LogP contribution in [0.3, 0.4) is 0 Å². The van der Waals surface area contributed by atoms with Crippen molar-refractivity contribution in [2.45, 2.75) is 6.04 Å². The Morgan fingerprint density at radius 2 is 1.68 bits per heavy atom. The Balaban J connectivity index is 2.55. The molecule has 1 atom stereocenters. The highest BCUT2D eigenvalue weighted by molar-refractivity contribution is 5.33. The van der Waals surface area contributed by atoms with E-state index >= 15 is 0 Å². The van der Waals surface area contributed by atoms with Gasteiger partial charge >= 0.3 is 0 Å². The van der Waals surface area contributed by atoms with E-state index in [2.05, 4.69) is 10.4 Å². The summed E-state index contributed by atoms with van der Waals surface area (Å²) in [5, 5.41) is 0. The molecule has 1 heterocycles. The van der Waals surface area contributed by atoms with E-state index in [9.17, 15) is 17.6 Å². The fourth-order valence-electron chi connectivity index (χ4n) is 1.73. The summed E-state index contributed by atoms with van der Waals surface area (Å²) in [5.41, 5.74) is 1.84. The van der Waals surface area contributed by atoms with Crippen LogP contribution in [-0.2, 0) is 0 Å². The zero-order valence-electron chi connectivity index (χ0n) is 9.50. The number of pyridine rings is 1. The number of nitrogens with zero attached hydrogens (tertiary/aromatic N) is 1. The standard InChI is InChI=1S/C12H9F4N3/c13-8-2-1-7(10(15)11(8)16)12(19-17)6-3-4-18-5-9(6)14/h1-5,12,19H,17H2. The van der Waals surface area contributed by atoms with E-state index in [4.69, 9.17) is 5.84 Å². The van der Waals surface area contributed by atoms with E-state index in [-0.39, 0.29) is 11.1 Å². The molecule has 2 aromatic rings. The molecule has 1 aromatic heterocycles. The predicted octanol–water partition coefficient (Wildman–Crippen LogP) is 2.19. The van der Waals surface area contributed by atoms with Crippen molar-refractivity contribution in [1.82, 2.24) is 10.4 Å². The monoisotopic (exact) mass is 271 g/mol. The van der Waals surface area contributed by atoms with Crippen LogP contribution in [-0.4, -0.2) is 4.98 Å². The smallest absolute Gasteiger partial charge is 0.194 e. The number of hydrogen-bond donors (Lipinski definition) is 2. The first-order valence-electron chi connectivity index (χ1n) is 5.25. The first-order chi connectivity index (χ1) is 9.06. The summed E-state index contributed by atoms with van der Waals surface area (Å²) >= 11 is 0. The van der Waals surface area contributed by atoms with Crippen molar-refractivity contribution in [2.24, 2.45) is 5.84 Å². The van der Waals surface area contributed by atoms with Crippen molar-refractivity contribution in [2.75, 3.05) is 0 Å². The number of aromatic nitrogens is 1. The summed E-state index contributed by atoms with van der Waals surface area (Å²) in [6.45, 7) is 0. The van der Waals surface area contributed by atoms with Crippen molar-refractivity contribution in [3.8, 4) is 0 Å². The van der Waals surface area contributed by atoms with Crippen LogP contribution in [0.5, 0.6) is 0 Å². The molecule has 1 aromatic carbocycles. The van der Waals surface area contributed by atoms with Crippen LogP contribution in [0.2, 0.25) is 0 Å². The summed E-state index contributed by atoms with van der Waals surface area (Å²) in [5.74, 6) is 0.125. The van der Waals surface area contributed by atoms with Gasteiger partial charge in [0.05, 0.1) is 12.2 Å². The maximum absolute atomic E-state index is 13.7. The molecule has 0 saturated carbocycles. The van der Waals surface area contributed by atoms with Gasteiger partial charge in [-0.2, -0.15) is 0 Å². The minimum Gasteiger partial charge on any atom is -0.271 e. The zero-order chi connectivity index (χ0) is 14.0. The van der Waals surface area contributed by atoms with Crippen LogP contribution >= 0.6 is 0 Å². The molecule has 1 unspecified atom stereocenters. The Labute approximate surface area is 106 Å². The Kier molecular flexibility index (Phi) is 3.77. The molecule has 0 radical (unpaired) electrons. The van der Waals surface area contributed by atoms with Crippen molar-refractivity contribution < 1.29 is 17.6 Å².